The molecule has 0 aromatic heterocycles. The van der Waals surface area contributed by atoms with E-state index in [1.807, 2.05) is 0 Å². The van der Waals surface area contributed by atoms with E-state index in [-0.39, 0.29) is 12.4 Å². The Bertz CT molecular complexity index is 623. The van der Waals surface area contributed by atoms with E-state index in [9.17, 15) is 30.3 Å². The molecule has 0 aromatic carbocycles. The minimum atomic E-state index is -1.92. The minimum absolute atomic E-state index is 0.198. The SMILES string of the molecule is CCCCCCCCCCCCCCCCCCCCOC1=C(O)C(=O)O[C@]1(CC(O)CO)[C@@H](O)CO. The highest BCUT2D eigenvalue weighted by Gasteiger charge is 2.55. The summed E-state index contributed by atoms with van der Waals surface area (Å²) < 4.78 is 10.7. The lowest BCUT2D eigenvalue weighted by molar-refractivity contribution is -0.171. The normalized spacial score (nSPS) is 19.3. The number of unbranched alkanes of at least 4 members (excludes halogenated alkanes) is 17. The van der Waals surface area contributed by atoms with Gasteiger partial charge < -0.3 is 35.0 Å². The maximum atomic E-state index is 11.9. The van der Waals surface area contributed by atoms with Gasteiger partial charge in [-0.25, -0.2) is 4.79 Å². The van der Waals surface area contributed by atoms with Crippen molar-refractivity contribution in [2.75, 3.05) is 19.8 Å². The Morgan fingerprint density at radius 3 is 1.57 bits per heavy atom. The summed E-state index contributed by atoms with van der Waals surface area (Å²) in [6.45, 7) is 1.05. The van der Waals surface area contributed by atoms with Gasteiger partial charge in [-0.1, -0.05) is 116 Å². The summed E-state index contributed by atoms with van der Waals surface area (Å²) in [6.07, 6.45) is 19.4. The zero-order valence-electron chi connectivity index (χ0n) is 23.2. The number of aliphatic hydroxyl groups is 5. The van der Waals surface area contributed by atoms with E-state index in [1.54, 1.807) is 0 Å². The molecule has 8 heteroatoms. The van der Waals surface area contributed by atoms with Crippen molar-refractivity contribution in [3.8, 4) is 0 Å². The van der Waals surface area contributed by atoms with E-state index in [4.69, 9.17) is 9.47 Å². The highest BCUT2D eigenvalue weighted by molar-refractivity contribution is 5.90. The van der Waals surface area contributed by atoms with Crippen LogP contribution < -0.4 is 0 Å². The number of carbonyl (C=O) groups excluding carboxylic acids is 1. The zero-order valence-corrected chi connectivity index (χ0v) is 23.2. The lowest BCUT2D eigenvalue weighted by Crippen LogP contribution is -2.50. The van der Waals surface area contributed by atoms with Crippen LogP contribution in [0.3, 0.4) is 0 Å². The monoisotopic (exact) mass is 530 g/mol. The van der Waals surface area contributed by atoms with Crippen LogP contribution in [0.5, 0.6) is 0 Å². The van der Waals surface area contributed by atoms with Gasteiger partial charge >= 0.3 is 5.97 Å². The Morgan fingerprint density at radius 1 is 0.730 bits per heavy atom. The Kier molecular flexibility index (Phi) is 18.7. The summed E-state index contributed by atoms with van der Waals surface area (Å²) in [5, 5.41) is 48.8. The first-order valence-corrected chi connectivity index (χ1v) is 14.8. The second-order valence-corrected chi connectivity index (χ2v) is 10.6. The predicted octanol–water partition coefficient (Wildman–Crippen LogP) is 5.21. The average molecular weight is 531 g/mol. The Balaban J connectivity index is 2.11. The van der Waals surface area contributed by atoms with E-state index in [0.29, 0.717) is 6.42 Å². The molecule has 1 aliphatic rings. The number of hydrogen-bond acceptors (Lipinski definition) is 8. The summed E-state index contributed by atoms with van der Waals surface area (Å²) in [5.41, 5.74) is -1.92. The number of rotatable bonds is 25. The quantitative estimate of drug-likeness (QED) is 0.0802. The van der Waals surface area contributed by atoms with Crippen LogP contribution in [0, 0.1) is 0 Å². The molecular weight excluding hydrogens is 476 g/mol. The van der Waals surface area contributed by atoms with E-state index >= 15 is 0 Å². The molecule has 1 unspecified atom stereocenters. The van der Waals surface area contributed by atoms with Crippen molar-refractivity contribution in [1.29, 1.82) is 0 Å². The third kappa shape index (κ3) is 12.8. The van der Waals surface area contributed by atoms with Gasteiger partial charge in [-0.05, 0) is 6.42 Å². The highest BCUT2D eigenvalue weighted by atomic mass is 16.6. The Labute approximate surface area is 224 Å². The molecule has 3 atom stereocenters. The topological polar surface area (TPSA) is 137 Å². The Morgan fingerprint density at radius 2 is 1.16 bits per heavy atom. The molecule has 0 bridgehead atoms. The largest absolute Gasteiger partial charge is 0.499 e. The second kappa shape index (κ2) is 20.6. The van der Waals surface area contributed by atoms with E-state index in [2.05, 4.69) is 6.92 Å². The molecule has 218 valence electrons. The molecule has 1 aliphatic heterocycles. The molecule has 0 saturated heterocycles. The first-order chi connectivity index (χ1) is 17.9. The zero-order chi connectivity index (χ0) is 27.4. The van der Waals surface area contributed by atoms with Crippen LogP contribution in [-0.2, 0) is 14.3 Å². The molecule has 37 heavy (non-hydrogen) atoms. The first-order valence-electron chi connectivity index (χ1n) is 14.8. The molecule has 0 amide bonds. The summed E-state index contributed by atoms with van der Waals surface area (Å²) in [7, 11) is 0. The molecule has 0 radical (unpaired) electrons. The van der Waals surface area contributed by atoms with Crippen LogP contribution >= 0.6 is 0 Å². The molecule has 0 aromatic rings. The highest BCUT2D eigenvalue weighted by Crippen LogP contribution is 2.39. The molecule has 0 fully saturated rings. The third-order valence-electron chi connectivity index (χ3n) is 7.27. The van der Waals surface area contributed by atoms with Gasteiger partial charge in [-0.2, -0.15) is 0 Å². The fourth-order valence-corrected chi connectivity index (χ4v) is 4.97. The summed E-state index contributed by atoms with van der Waals surface area (Å²) >= 11 is 0. The second-order valence-electron chi connectivity index (χ2n) is 10.6. The molecule has 1 heterocycles. The Hall–Kier alpha value is -1.35. The van der Waals surface area contributed by atoms with Crippen molar-refractivity contribution in [1.82, 2.24) is 0 Å². The smallest absolute Gasteiger partial charge is 0.378 e. The number of ether oxygens (including phenoxy) is 2. The van der Waals surface area contributed by atoms with Gasteiger partial charge in [-0.15, -0.1) is 0 Å². The summed E-state index contributed by atoms with van der Waals surface area (Å²) in [4.78, 5) is 11.9. The molecule has 0 aliphatic carbocycles. The van der Waals surface area contributed by atoms with Crippen LogP contribution in [0.4, 0.5) is 0 Å². The van der Waals surface area contributed by atoms with Crippen molar-refractivity contribution in [3.63, 3.8) is 0 Å². The first kappa shape index (κ1) is 33.7. The number of hydrogen-bond donors (Lipinski definition) is 5. The molecular formula is C29H54O8. The van der Waals surface area contributed by atoms with Crippen LogP contribution in [0.1, 0.15) is 129 Å². The lowest BCUT2D eigenvalue weighted by Gasteiger charge is -2.34. The van der Waals surface area contributed by atoms with Crippen molar-refractivity contribution in [2.45, 2.75) is 147 Å². The van der Waals surface area contributed by atoms with Crippen LogP contribution in [0.25, 0.3) is 0 Å². The predicted molar refractivity (Wildman–Crippen MR) is 144 cm³/mol. The standard InChI is InChI=1S/C29H54O8/c1-2-3-4-5-6-7-8-9-10-11-12-13-14-15-16-17-18-19-20-36-27-26(34)28(35)37-29(27,25(33)23-31)21-24(32)22-30/h24-25,30-34H,2-23H2,1H3/t24?,25-,29+/m0/s1. The van der Waals surface area contributed by atoms with Crippen molar-refractivity contribution in [3.05, 3.63) is 11.5 Å². The number of aliphatic hydroxyl groups excluding tert-OH is 5. The van der Waals surface area contributed by atoms with E-state index < -0.39 is 49.2 Å². The number of carbonyl (C=O) groups is 1. The van der Waals surface area contributed by atoms with Gasteiger partial charge in [-0.3, -0.25) is 0 Å². The number of esters is 1. The van der Waals surface area contributed by atoms with E-state index in [0.717, 1.165) is 19.3 Å². The summed E-state index contributed by atoms with van der Waals surface area (Å²) in [5.74, 6) is -2.16. The van der Waals surface area contributed by atoms with Crippen LogP contribution in [0.2, 0.25) is 0 Å². The fourth-order valence-electron chi connectivity index (χ4n) is 4.97. The molecule has 8 nitrogen and oxygen atoms in total. The maximum Gasteiger partial charge on any atom is 0.378 e. The van der Waals surface area contributed by atoms with Gasteiger partial charge in [0.1, 0.15) is 6.10 Å². The van der Waals surface area contributed by atoms with Crippen molar-refractivity contribution in [2.24, 2.45) is 0 Å². The lowest BCUT2D eigenvalue weighted by atomic mass is 9.88. The van der Waals surface area contributed by atoms with Crippen LogP contribution in [-0.4, -0.2) is 69.1 Å². The molecule has 0 saturated carbocycles. The maximum absolute atomic E-state index is 11.9. The van der Waals surface area contributed by atoms with Crippen molar-refractivity contribution < 1.29 is 39.8 Å². The third-order valence-corrected chi connectivity index (χ3v) is 7.27. The van der Waals surface area contributed by atoms with Gasteiger partial charge in [0.2, 0.25) is 11.4 Å². The van der Waals surface area contributed by atoms with Crippen molar-refractivity contribution >= 4 is 5.97 Å². The van der Waals surface area contributed by atoms with E-state index in [1.165, 1.54) is 89.9 Å². The van der Waals surface area contributed by atoms with Gasteiger partial charge in [0.25, 0.3) is 0 Å². The molecule has 1 rings (SSSR count). The average Bonchev–Trinajstić information content (AvgIpc) is 3.14. The summed E-state index contributed by atoms with van der Waals surface area (Å²) in [6, 6.07) is 0. The number of cyclic esters (lactones) is 1. The van der Waals surface area contributed by atoms with Gasteiger partial charge in [0.15, 0.2) is 5.76 Å². The molecule has 0 spiro atoms. The molecule has 5 N–H and O–H groups in total. The van der Waals surface area contributed by atoms with Gasteiger partial charge in [0, 0.05) is 6.42 Å². The minimum Gasteiger partial charge on any atom is -0.499 e. The fraction of sp³-hybridized carbons (Fsp3) is 0.897. The van der Waals surface area contributed by atoms with Crippen LogP contribution in [0.15, 0.2) is 11.5 Å². The van der Waals surface area contributed by atoms with Gasteiger partial charge in [0.05, 0.1) is 25.9 Å².